The second-order valence-electron chi connectivity index (χ2n) is 10.8. The molecule has 10 nitrogen and oxygen atoms in total. The van der Waals surface area contributed by atoms with Gasteiger partial charge in [0.1, 0.15) is 17.9 Å². The fourth-order valence-corrected chi connectivity index (χ4v) is 6.00. The molecule has 2 fully saturated rings. The van der Waals surface area contributed by atoms with Gasteiger partial charge in [0.25, 0.3) is 0 Å². The van der Waals surface area contributed by atoms with Crippen LogP contribution < -0.4 is 20.3 Å². The molecule has 210 valence electrons. The highest BCUT2D eigenvalue weighted by molar-refractivity contribution is 5.85. The van der Waals surface area contributed by atoms with Crippen molar-refractivity contribution >= 4 is 33.8 Å². The number of benzene rings is 2. The van der Waals surface area contributed by atoms with Crippen molar-refractivity contribution in [2.75, 3.05) is 76.0 Å². The van der Waals surface area contributed by atoms with Crippen LogP contribution in [0.25, 0.3) is 22.2 Å². The van der Waals surface area contributed by atoms with E-state index in [4.69, 9.17) is 4.74 Å². The number of rotatable bonds is 7. The molecule has 2 N–H and O–H groups in total. The Morgan fingerprint density at radius 1 is 0.900 bits per heavy atom. The van der Waals surface area contributed by atoms with E-state index in [-0.39, 0.29) is 0 Å². The summed E-state index contributed by atoms with van der Waals surface area (Å²) in [5, 5.41) is 12.3. The van der Waals surface area contributed by atoms with E-state index < -0.39 is 0 Å². The Morgan fingerprint density at radius 3 is 2.45 bits per heavy atom. The normalized spacial score (nSPS) is 17.4. The van der Waals surface area contributed by atoms with Gasteiger partial charge in [-0.25, -0.2) is 9.97 Å². The predicted octanol–water partition coefficient (Wildman–Crippen LogP) is 4.04. The third-order valence-corrected chi connectivity index (χ3v) is 8.42. The average molecular weight is 542 g/mol. The first-order chi connectivity index (χ1) is 19.5. The van der Waals surface area contributed by atoms with Crippen molar-refractivity contribution < 1.29 is 4.74 Å². The van der Waals surface area contributed by atoms with Gasteiger partial charge in [0.15, 0.2) is 0 Å². The van der Waals surface area contributed by atoms with Gasteiger partial charge in [-0.1, -0.05) is 6.07 Å². The number of aromatic nitrogens is 4. The molecule has 2 aliphatic heterocycles. The minimum atomic E-state index is 0.677. The predicted molar refractivity (Wildman–Crippen MR) is 162 cm³/mol. The number of likely N-dealkylation sites (N-methyl/N-ethyl adjacent to an activating group) is 1. The van der Waals surface area contributed by atoms with E-state index in [0.717, 1.165) is 52.4 Å². The monoisotopic (exact) mass is 541 g/mol. The lowest BCUT2D eigenvalue weighted by Gasteiger charge is -2.43. The summed E-state index contributed by atoms with van der Waals surface area (Å²) in [4.78, 5) is 16.6. The Labute approximate surface area is 235 Å². The summed E-state index contributed by atoms with van der Waals surface area (Å²) in [5.41, 5.74) is 6.05. The van der Waals surface area contributed by atoms with Gasteiger partial charge in [0, 0.05) is 82.5 Å². The smallest absolute Gasteiger partial charge is 0.144 e. The van der Waals surface area contributed by atoms with Gasteiger partial charge in [-0.2, -0.15) is 5.10 Å². The molecule has 0 atom stereocenters. The Bertz CT molecular complexity index is 1470. The van der Waals surface area contributed by atoms with Gasteiger partial charge in [-0.3, -0.25) is 9.58 Å². The van der Waals surface area contributed by atoms with Crippen LogP contribution in [0.3, 0.4) is 0 Å². The van der Waals surface area contributed by atoms with Crippen molar-refractivity contribution in [3.05, 3.63) is 48.9 Å². The van der Waals surface area contributed by atoms with Crippen LogP contribution in [-0.2, 0) is 7.05 Å². The summed E-state index contributed by atoms with van der Waals surface area (Å²) >= 11 is 0. The lowest BCUT2D eigenvalue weighted by molar-refractivity contribution is 0.0982. The van der Waals surface area contributed by atoms with Crippen molar-refractivity contribution in [3.8, 4) is 17.0 Å². The maximum atomic E-state index is 5.86. The molecular formula is C30H39N9O. The first-order valence-electron chi connectivity index (χ1n) is 14.1. The highest BCUT2D eigenvalue weighted by atomic mass is 16.5. The van der Waals surface area contributed by atoms with E-state index in [9.17, 15) is 0 Å². The van der Waals surface area contributed by atoms with Gasteiger partial charge in [0.05, 0.1) is 41.6 Å². The van der Waals surface area contributed by atoms with Crippen LogP contribution in [0.1, 0.15) is 12.8 Å². The molecule has 40 heavy (non-hydrogen) atoms. The van der Waals surface area contributed by atoms with Gasteiger partial charge in [0.2, 0.25) is 0 Å². The number of methoxy groups -OCH3 is 1. The Kier molecular flexibility index (Phi) is 7.44. The molecule has 2 aliphatic rings. The first-order valence-corrected chi connectivity index (χ1v) is 14.1. The van der Waals surface area contributed by atoms with Crippen LogP contribution in [-0.4, -0.2) is 96.1 Å². The third-order valence-electron chi connectivity index (χ3n) is 8.42. The molecule has 4 heterocycles. The van der Waals surface area contributed by atoms with Gasteiger partial charge < -0.3 is 25.2 Å². The van der Waals surface area contributed by atoms with E-state index in [1.54, 1.807) is 13.4 Å². The third kappa shape index (κ3) is 5.29. The number of nitrogens with zero attached hydrogens (tertiary/aromatic N) is 7. The highest BCUT2D eigenvalue weighted by Gasteiger charge is 2.28. The zero-order valence-corrected chi connectivity index (χ0v) is 23.9. The number of piperidine rings is 1. The van der Waals surface area contributed by atoms with Crippen LogP contribution >= 0.6 is 0 Å². The zero-order chi connectivity index (χ0) is 27.6. The minimum Gasteiger partial charge on any atom is -0.494 e. The maximum absolute atomic E-state index is 5.86. The molecule has 0 aliphatic carbocycles. The number of ether oxygens (including phenoxy) is 1. The van der Waals surface area contributed by atoms with E-state index in [1.807, 2.05) is 31.0 Å². The van der Waals surface area contributed by atoms with Gasteiger partial charge in [-0.05, 0) is 38.1 Å². The number of aryl methyl sites for hydroxylation is 1. The van der Waals surface area contributed by atoms with Gasteiger partial charge >= 0.3 is 0 Å². The molecule has 2 aromatic carbocycles. The summed E-state index contributed by atoms with van der Waals surface area (Å²) in [6.45, 7) is 6.78. The molecule has 2 aromatic heterocycles. The van der Waals surface area contributed by atoms with E-state index in [2.05, 4.69) is 77.8 Å². The van der Waals surface area contributed by atoms with E-state index in [0.29, 0.717) is 11.9 Å². The summed E-state index contributed by atoms with van der Waals surface area (Å²) in [7, 11) is 7.86. The largest absolute Gasteiger partial charge is 0.494 e. The summed E-state index contributed by atoms with van der Waals surface area (Å²) in [5.74, 6) is 1.49. The minimum absolute atomic E-state index is 0.677. The number of fused-ring (bicyclic) bond motifs is 1. The van der Waals surface area contributed by atoms with Crippen LogP contribution in [0, 0.1) is 0 Å². The van der Waals surface area contributed by atoms with Crippen molar-refractivity contribution in [1.82, 2.24) is 29.5 Å². The van der Waals surface area contributed by atoms with Crippen LogP contribution in [0.15, 0.2) is 48.9 Å². The number of hydrogen-bond donors (Lipinski definition) is 2. The molecule has 10 heteroatoms. The molecule has 0 unspecified atom stereocenters. The number of nitrogens with one attached hydrogen (secondary N) is 2. The molecule has 6 rings (SSSR count). The van der Waals surface area contributed by atoms with E-state index >= 15 is 0 Å². The maximum Gasteiger partial charge on any atom is 0.144 e. The molecular weight excluding hydrogens is 502 g/mol. The quantitative estimate of drug-likeness (QED) is 0.360. The van der Waals surface area contributed by atoms with E-state index in [1.165, 1.54) is 44.7 Å². The van der Waals surface area contributed by atoms with Crippen molar-refractivity contribution in [2.45, 2.75) is 18.9 Å². The Morgan fingerprint density at radius 2 is 1.70 bits per heavy atom. The summed E-state index contributed by atoms with van der Waals surface area (Å²) in [6.07, 6.45) is 5.84. The standard InChI is InChI=1S/C30H39N9O/c1-31-25-16-26(35-30-17-24(32-20-33-30)21-5-6-27-22(15-21)19-34-37(27)3)29(40-4)18-28(25)39-9-7-23(8-10-39)38-13-11-36(2)12-14-38/h5-6,15-20,23,31H,7-14H2,1-4H3,(H,32,33,35). The zero-order valence-electron chi connectivity index (χ0n) is 23.9. The second-order valence-corrected chi connectivity index (χ2v) is 10.8. The number of hydrogen-bond acceptors (Lipinski definition) is 9. The summed E-state index contributed by atoms with van der Waals surface area (Å²) < 4.78 is 7.73. The fourth-order valence-electron chi connectivity index (χ4n) is 6.00. The Hall–Kier alpha value is -3.89. The first kappa shape index (κ1) is 26.3. The molecule has 4 aromatic rings. The molecule has 0 amide bonds. The van der Waals surface area contributed by atoms with Crippen LogP contribution in [0.2, 0.25) is 0 Å². The molecule has 0 radical (unpaired) electrons. The molecule has 2 saturated heterocycles. The van der Waals surface area contributed by atoms with Crippen LogP contribution in [0.5, 0.6) is 5.75 Å². The summed E-state index contributed by atoms with van der Waals surface area (Å²) in [6, 6.07) is 13.1. The lowest BCUT2D eigenvalue weighted by atomic mass is 10.0. The SMILES string of the molecule is CNc1cc(Nc2cc(-c3ccc4c(cnn4C)c3)ncn2)c(OC)cc1N1CCC(N2CCN(C)CC2)CC1. The fraction of sp³-hybridized carbons (Fsp3) is 0.433. The van der Waals surface area contributed by atoms with Crippen molar-refractivity contribution in [1.29, 1.82) is 0 Å². The molecule has 0 bridgehead atoms. The molecule has 0 saturated carbocycles. The Balaban J connectivity index is 1.19. The highest BCUT2D eigenvalue weighted by Crippen LogP contribution is 2.39. The van der Waals surface area contributed by atoms with Crippen molar-refractivity contribution in [3.63, 3.8) is 0 Å². The second kappa shape index (κ2) is 11.3. The van der Waals surface area contributed by atoms with Gasteiger partial charge in [-0.15, -0.1) is 0 Å². The van der Waals surface area contributed by atoms with Crippen molar-refractivity contribution in [2.24, 2.45) is 7.05 Å². The topological polar surface area (TPSA) is 86.6 Å². The molecule has 0 spiro atoms. The van der Waals surface area contributed by atoms with Crippen LogP contribution in [0.4, 0.5) is 22.9 Å². The average Bonchev–Trinajstić information content (AvgIpc) is 3.37. The number of anilines is 4. The lowest BCUT2D eigenvalue weighted by Crippen LogP contribution is -2.52. The number of piperazine rings is 1.